The third-order valence-corrected chi connectivity index (χ3v) is 2.60. The number of halogens is 1. The van der Waals surface area contributed by atoms with Crippen LogP contribution in [-0.2, 0) is 0 Å². The van der Waals surface area contributed by atoms with Crippen LogP contribution in [0.5, 0.6) is 5.88 Å². The number of ether oxygens (including phenoxy) is 1. The molecule has 1 aromatic rings. The topological polar surface area (TPSA) is 22.1 Å². The zero-order valence-corrected chi connectivity index (χ0v) is 8.24. The molecular formula is C11H14FNO. The van der Waals surface area contributed by atoms with Gasteiger partial charge in [-0.3, -0.25) is 0 Å². The third-order valence-electron chi connectivity index (χ3n) is 2.60. The molecule has 0 aliphatic heterocycles. The molecule has 3 heteroatoms. The molecule has 0 bridgehead atoms. The maximum atomic E-state index is 12.7. The molecule has 1 fully saturated rings. The molecule has 14 heavy (non-hydrogen) atoms. The van der Waals surface area contributed by atoms with E-state index in [0.717, 1.165) is 5.56 Å². The summed E-state index contributed by atoms with van der Waals surface area (Å²) in [6.45, 7) is 2.54. The van der Waals surface area contributed by atoms with Gasteiger partial charge in [0, 0.05) is 12.3 Å². The lowest BCUT2D eigenvalue weighted by Crippen LogP contribution is -2.22. The number of hydrogen-bond donors (Lipinski definition) is 0. The molecule has 0 N–H and O–H groups in total. The van der Waals surface area contributed by atoms with E-state index >= 15 is 0 Å². The van der Waals surface area contributed by atoms with E-state index in [1.54, 1.807) is 6.20 Å². The number of alkyl halides is 1. The first-order valence-corrected chi connectivity index (χ1v) is 5.02. The molecule has 2 rings (SSSR count). The van der Waals surface area contributed by atoms with Crippen LogP contribution in [0.25, 0.3) is 0 Å². The summed E-state index contributed by atoms with van der Waals surface area (Å²) in [7, 11) is 0. The first kappa shape index (κ1) is 9.44. The lowest BCUT2D eigenvalue weighted by molar-refractivity contribution is 0.178. The van der Waals surface area contributed by atoms with Crippen molar-refractivity contribution in [3.05, 3.63) is 23.9 Å². The molecule has 0 atom stereocenters. The van der Waals surface area contributed by atoms with Crippen LogP contribution in [0.4, 0.5) is 4.39 Å². The number of aromatic nitrogens is 1. The molecule has 0 amide bonds. The van der Waals surface area contributed by atoms with E-state index in [1.807, 2.05) is 19.1 Å². The van der Waals surface area contributed by atoms with Crippen molar-refractivity contribution in [2.24, 2.45) is 0 Å². The second-order valence-electron chi connectivity index (χ2n) is 3.63. The van der Waals surface area contributed by atoms with Crippen molar-refractivity contribution in [2.45, 2.75) is 31.9 Å². The fourth-order valence-corrected chi connectivity index (χ4v) is 1.73. The van der Waals surface area contributed by atoms with Crippen LogP contribution in [-0.4, -0.2) is 17.8 Å². The van der Waals surface area contributed by atoms with Gasteiger partial charge >= 0.3 is 0 Å². The van der Waals surface area contributed by atoms with E-state index in [1.165, 1.54) is 0 Å². The third kappa shape index (κ3) is 1.86. The highest BCUT2D eigenvalue weighted by Gasteiger charge is 2.30. The van der Waals surface area contributed by atoms with Gasteiger partial charge in [0.2, 0.25) is 5.88 Å². The molecule has 76 valence electrons. The second-order valence-corrected chi connectivity index (χ2v) is 3.63. The van der Waals surface area contributed by atoms with Crippen LogP contribution in [0, 0.1) is 0 Å². The number of hydrogen-bond acceptors (Lipinski definition) is 2. The quantitative estimate of drug-likeness (QED) is 0.739. The van der Waals surface area contributed by atoms with Gasteiger partial charge in [-0.05, 0) is 37.3 Å². The van der Waals surface area contributed by atoms with Crippen molar-refractivity contribution in [3.8, 4) is 5.88 Å². The fraction of sp³-hybridized carbons (Fsp3) is 0.545. The van der Waals surface area contributed by atoms with Crippen molar-refractivity contribution in [3.63, 3.8) is 0 Å². The van der Waals surface area contributed by atoms with Crippen molar-refractivity contribution in [1.29, 1.82) is 0 Å². The van der Waals surface area contributed by atoms with Crippen LogP contribution in [0.3, 0.4) is 0 Å². The highest BCUT2D eigenvalue weighted by atomic mass is 19.1. The molecule has 0 aromatic carbocycles. The van der Waals surface area contributed by atoms with Gasteiger partial charge in [-0.25, -0.2) is 9.37 Å². The summed E-state index contributed by atoms with van der Waals surface area (Å²) in [5, 5.41) is 0. The highest BCUT2D eigenvalue weighted by molar-refractivity contribution is 5.26. The normalized spacial score (nSPS) is 25.6. The molecule has 0 saturated heterocycles. The Bertz CT molecular complexity index is 310. The summed E-state index contributed by atoms with van der Waals surface area (Å²) in [5.41, 5.74) is 1.15. The monoisotopic (exact) mass is 195 g/mol. The molecule has 1 aliphatic carbocycles. The molecule has 0 radical (unpaired) electrons. The maximum Gasteiger partial charge on any atom is 0.213 e. The predicted molar refractivity (Wildman–Crippen MR) is 52.3 cm³/mol. The van der Waals surface area contributed by atoms with Gasteiger partial charge in [0.15, 0.2) is 0 Å². The maximum absolute atomic E-state index is 12.7. The van der Waals surface area contributed by atoms with E-state index in [4.69, 9.17) is 4.74 Å². The largest absolute Gasteiger partial charge is 0.478 e. The van der Waals surface area contributed by atoms with Crippen LogP contribution < -0.4 is 4.74 Å². The Morgan fingerprint density at radius 1 is 1.57 bits per heavy atom. The Morgan fingerprint density at radius 2 is 2.36 bits per heavy atom. The summed E-state index contributed by atoms with van der Waals surface area (Å²) in [6.07, 6.45) is 2.42. The van der Waals surface area contributed by atoms with Crippen LogP contribution in [0.1, 0.15) is 31.2 Å². The highest BCUT2D eigenvalue weighted by Crippen LogP contribution is 2.39. The minimum Gasteiger partial charge on any atom is -0.478 e. The summed E-state index contributed by atoms with van der Waals surface area (Å²) in [6, 6.07) is 3.86. The summed E-state index contributed by atoms with van der Waals surface area (Å²) in [4.78, 5) is 4.07. The van der Waals surface area contributed by atoms with E-state index in [9.17, 15) is 4.39 Å². The molecule has 1 aliphatic rings. The Labute approximate surface area is 83.1 Å². The van der Waals surface area contributed by atoms with E-state index in [-0.39, 0.29) is 0 Å². The van der Waals surface area contributed by atoms with Crippen molar-refractivity contribution < 1.29 is 9.13 Å². The second kappa shape index (κ2) is 3.95. The van der Waals surface area contributed by atoms with Crippen molar-refractivity contribution in [2.75, 3.05) is 6.61 Å². The average molecular weight is 195 g/mol. The first-order chi connectivity index (χ1) is 6.79. The van der Waals surface area contributed by atoms with Gasteiger partial charge in [0.1, 0.15) is 6.17 Å². The smallest absolute Gasteiger partial charge is 0.213 e. The van der Waals surface area contributed by atoms with Gasteiger partial charge in [0.25, 0.3) is 0 Å². The molecule has 0 unspecified atom stereocenters. The van der Waals surface area contributed by atoms with Crippen LogP contribution in [0.2, 0.25) is 0 Å². The standard InChI is InChI=1S/C11H14FNO/c1-2-14-11-7-8(3-4-13-11)9-5-10(12)6-9/h3-4,7,9-10H,2,5-6H2,1H3. The molecule has 1 aromatic heterocycles. The van der Waals surface area contributed by atoms with Gasteiger partial charge in [-0.2, -0.15) is 0 Å². The number of nitrogens with zero attached hydrogens (tertiary/aromatic N) is 1. The Morgan fingerprint density at radius 3 is 3.00 bits per heavy atom. The average Bonchev–Trinajstić information content (AvgIpc) is 2.14. The zero-order chi connectivity index (χ0) is 9.97. The number of pyridine rings is 1. The summed E-state index contributed by atoms with van der Waals surface area (Å²) < 4.78 is 17.9. The molecular weight excluding hydrogens is 181 g/mol. The molecule has 1 saturated carbocycles. The van der Waals surface area contributed by atoms with Crippen molar-refractivity contribution in [1.82, 2.24) is 4.98 Å². The van der Waals surface area contributed by atoms with Crippen LogP contribution in [0.15, 0.2) is 18.3 Å². The van der Waals surface area contributed by atoms with Gasteiger partial charge in [0.05, 0.1) is 6.61 Å². The minimum atomic E-state index is -0.608. The molecule has 0 spiro atoms. The lowest BCUT2D eigenvalue weighted by Gasteiger charge is -2.29. The summed E-state index contributed by atoms with van der Waals surface area (Å²) in [5.74, 6) is 1.01. The first-order valence-electron chi connectivity index (χ1n) is 5.02. The Hall–Kier alpha value is -1.12. The van der Waals surface area contributed by atoms with Gasteiger partial charge in [-0.15, -0.1) is 0 Å². The summed E-state index contributed by atoms with van der Waals surface area (Å²) >= 11 is 0. The SMILES string of the molecule is CCOc1cc(C2CC(F)C2)ccn1. The van der Waals surface area contributed by atoms with Crippen molar-refractivity contribution >= 4 is 0 Å². The zero-order valence-electron chi connectivity index (χ0n) is 8.24. The minimum absolute atomic E-state index is 0.368. The van der Waals surface area contributed by atoms with Crippen LogP contribution >= 0.6 is 0 Å². The van der Waals surface area contributed by atoms with E-state index < -0.39 is 6.17 Å². The Kier molecular flexibility index (Phi) is 2.66. The van der Waals surface area contributed by atoms with E-state index in [0.29, 0.717) is 31.2 Å². The van der Waals surface area contributed by atoms with Gasteiger partial charge < -0.3 is 4.74 Å². The van der Waals surface area contributed by atoms with E-state index in [2.05, 4.69) is 4.98 Å². The van der Waals surface area contributed by atoms with Gasteiger partial charge in [-0.1, -0.05) is 0 Å². The predicted octanol–water partition coefficient (Wildman–Crippen LogP) is 2.70. The fourth-order valence-electron chi connectivity index (χ4n) is 1.73. The molecule has 2 nitrogen and oxygen atoms in total. The molecule has 1 heterocycles. The number of rotatable bonds is 3. The Balaban J connectivity index is 2.06. The lowest BCUT2D eigenvalue weighted by atomic mass is 9.79.